The predicted octanol–water partition coefficient (Wildman–Crippen LogP) is 1.57. The highest BCUT2D eigenvalue weighted by atomic mass is 35.5. The van der Waals surface area contributed by atoms with E-state index in [1.807, 2.05) is 0 Å². The molecule has 1 rings (SSSR count). The standard InChI is InChI=1S/C6H13ClN3O2P/c7-5-3-1-2-4-6(5)10-12-13(8,9)11/h5H,1-4H2,(H4,8,9,11). The molecule has 76 valence electrons. The van der Waals surface area contributed by atoms with E-state index in [-0.39, 0.29) is 5.38 Å². The molecule has 0 aliphatic heterocycles. The smallest absolute Gasteiger partial charge is 0.312 e. The van der Waals surface area contributed by atoms with Gasteiger partial charge in [-0.05, 0) is 19.3 Å². The second-order valence-corrected chi connectivity index (χ2v) is 5.00. The fourth-order valence-corrected chi connectivity index (χ4v) is 1.71. The summed E-state index contributed by atoms with van der Waals surface area (Å²) in [6, 6.07) is 0. The van der Waals surface area contributed by atoms with E-state index in [4.69, 9.17) is 22.6 Å². The van der Waals surface area contributed by atoms with E-state index in [2.05, 4.69) is 9.78 Å². The monoisotopic (exact) mass is 225 g/mol. The van der Waals surface area contributed by atoms with Crippen LogP contribution in [0.15, 0.2) is 5.16 Å². The van der Waals surface area contributed by atoms with Crippen LogP contribution in [0.2, 0.25) is 0 Å². The van der Waals surface area contributed by atoms with E-state index in [0.29, 0.717) is 5.71 Å². The zero-order valence-electron chi connectivity index (χ0n) is 7.15. The molecule has 1 aliphatic carbocycles. The molecule has 0 aromatic heterocycles. The van der Waals surface area contributed by atoms with Crippen molar-refractivity contribution in [3.8, 4) is 0 Å². The first kappa shape index (κ1) is 11.0. The Morgan fingerprint density at radius 2 is 2.23 bits per heavy atom. The minimum absolute atomic E-state index is 0.139. The van der Waals surface area contributed by atoms with Crippen LogP contribution in [0.1, 0.15) is 25.7 Å². The first-order valence-electron chi connectivity index (χ1n) is 4.06. The van der Waals surface area contributed by atoms with Crippen molar-refractivity contribution in [2.75, 3.05) is 0 Å². The highest BCUT2D eigenvalue weighted by Gasteiger charge is 2.19. The maximum absolute atomic E-state index is 10.7. The molecule has 0 bridgehead atoms. The van der Waals surface area contributed by atoms with E-state index in [1.54, 1.807) is 0 Å². The molecule has 0 heterocycles. The Hall–Kier alpha value is -0.0900. The third-order valence-corrected chi connectivity index (χ3v) is 2.59. The van der Waals surface area contributed by atoms with Gasteiger partial charge in [-0.25, -0.2) is 15.6 Å². The minimum Gasteiger partial charge on any atom is -0.312 e. The zero-order chi connectivity index (χ0) is 9.90. The Balaban J connectivity index is 2.54. The third-order valence-electron chi connectivity index (χ3n) is 1.79. The van der Waals surface area contributed by atoms with Gasteiger partial charge in [-0.15, -0.1) is 11.6 Å². The summed E-state index contributed by atoms with van der Waals surface area (Å²) in [4.78, 5) is 0. The molecule has 0 saturated heterocycles. The van der Waals surface area contributed by atoms with Gasteiger partial charge in [0.2, 0.25) is 0 Å². The van der Waals surface area contributed by atoms with E-state index >= 15 is 0 Å². The largest absolute Gasteiger partial charge is 0.405 e. The summed E-state index contributed by atoms with van der Waals surface area (Å²) in [6.07, 6.45) is 3.72. The number of rotatable bonds is 2. The lowest BCUT2D eigenvalue weighted by molar-refractivity contribution is 0.331. The summed E-state index contributed by atoms with van der Waals surface area (Å²) in [6.45, 7) is 0. The highest BCUT2D eigenvalue weighted by Crippen LogP contribution is 2.28. The molecule has 0 amide bonds. The Bertz CT molecular complexity index is 252. The number of halogens is 1. The molecule has 0 aromatic carbocycles. The van der Waals surface area contributed by atoms with Gasteiger partial charge in [-0.1, -0.05) is 11.6 Å². The lowest BCUT2D eigenvalue weighted by atomic mass is 9.98. The first-order chi connectivity index (χ1) is 5.99. The number of alkyl halides is 1. The van der Waals surface area contributed by atoms with Gasteiger partial charge >= 0.3 is 7.67 Å². The fraction of sp³-hybridized carbons (Fsp3) is 0.833. The number of hydrogen-bond donors (Lipinski definition) is 2. The van der Waals surface area contributed by atoms with Crippen LogP contribution in [0.3, 0.4) is 0 Å². The molecule has 0 aromatic rings. The molecule has 1 unspecified atom stereocenters. The molecule has 4 N–H and O–H groups in total. The van der Waals surface area contributed by atoms with Crippen LogP contribution in [0.4, 0.5) is 0 Å². The van der Waals surface area contributed by atoms with E-state index in [9.17, 15) is 4.57 Å². The maximum Gasteiger partial charge on any atom is 0.405 e. The number of oxime groups is 1. The van der Waals surface area contributed by atoms with Crippen LogP contribution in [-0.2, 0) is 9.19 Å². The van der Waals surface area contributed by atoms with Crippen molar-refractivity contribution in [1.29, 1.82) is 0 Å². The summed E-state index contributed by atoms with van der Waals surface area (Å²) in [5.74, 6) is 0. The van der Waals surface area contributed by atoms with Crippen LogP contribution in [0, 0.1) is 0 Å². The number of nitrogens with zero attached hydrogens (tertiary/aromatic N) is 1. The van der Waals surface area contributed by atoms with Crippen LogP contribution in [0.5, 0.6) is 0 Å². The van der Waals surface area contributed by atoms with Gasteiger partial charge in [0, 0.05) is 0 Å². The molecule has 5 nitrogen and oxygen atoms in total. The van der Waals surface area contributed by atoms with E-state index in [1.165, 1.54) is 0 Å². The summed E-state index contributed by atoms with van der Waals surface area (Å²) < 4.78 is 15.2. The molecule has 0 radical (unpaired) electrons. The molecular formula is C6H13ClN3O2P. The van der Waals surface area contributed by atoms with Crippen molar-refractivity contribution in [2.45, 2.75) is 31.1 Å². The Labute approximate surface area is 82.0 Å². The summed E-state index contributed by atoms with van der Waals surface area (Å²) in [5.41, 5.74) is 10.6. The predicted molar refractivity (Wildman–Crippen MR) is 52.6 cm³/mol. The molecule has 1 fully saturated rings. The quantitative estimate of drug-likeness (QED) is 0.424. The maximum atomic E-state index is 10.7. The van der Waals surface area contributed by atoms with Crippen molar-refractivity contribution >= 4 is 25.0 Å². The molecule has 1 saturated carbocycles. The van der Waals surface area contributed by atoms with E-state index < -0.39 is 7.67 Å². The van der Waals surface area contributed by atoms with Gasteiger partial charge in [-0.2, -0.15) is 0 Å². The van der Waals surface area contributed by atoms with Crippen LogP contribution < -0.4 is 11.0 Å². The number of hydrogen-bond acceptors (Lipinski definition) is 3. The van der Waals surface area contributed by atoms with Crippen molar-refractivity contribution < 1.29 is 9.19 Å². The average molecular weight is 226 g/mol. The topological polar surface area (TPSA) is 90.7 Å². The van der Waals surface area contributed by atoms with Gasteiger partial charge in [0.05, 0.1) is 11.1 Å². The SMILES string of the molecule is NP(N)(=O)ON=C1CCCCC1Cl. The Morgan fingerprint density at radius 3 is 2.77 bits per heavy atom. The molecule has 1 atom stereocenters. The van der Waals surface area contributed by atoms with E-state index in [0.717, 1.165) is 25.7 Å². The molecule has 7 heteroatoms. The van der Waals surface area contributed by atoms with Gasteiger partial charge in [0.15, 0.2) is 0 Å². The van der Waals surface area contributed by atoms with Crippen LogP contribution >= 0.6 is 19.3 Å². The van der Waals surface area contributed by atoms with Crippen LogP contribution in [-0.4, -0.2) is 11.1 Å². The van der Waals surface area contributed by atoms with Gasteiger partial charge in [0.25, 0.3) is 0 Å². The fourth-order valence-electron chi connectivity index (χ4n) is 1.17. The van der Waals surface area contributed by atoms with Crippen LogP contribution in [0.25, 0.3) is 0 Å². The molecule has 1 aliphatic rings. The van der Waals surface area contributed by atoms with Gasteiger partial charge in [-0.3, -0.25) is 0 Å². The second-order valence-electron chi connectivity index (χ2n) is 3.02. The van der Waals surface area contributed by atoms with Gasteiger partial charge < -0.3 is 4.62 Å². The molecule has 13 heavy (non-hydrogen) atoms. The van der Waals surface area contributed by atoms with Crippen molar-refractivity contribution in [3.05, 3.63) is 0 Å². The highest BCUT2D eigenvalue weighted by molar-refractivity contribution is 7.53. The average Bonchev–Trinajstić information content (AvgIpc) is 2.01. The first-order valence-corrected chi connectivity index (χ1v) is 6.26. The normalized spacial score (nSPS) is 27.6. The Morgan fingerprint density at radius 1 is 1.54 bits per heavy atom. The number of nitrogens with two attached hydrogens (primary N) is 2. The zero-order valence-corrected chi connectivity index (χ0v) is 8.80. The Kier molecular flexibility index (Phi) is 3.74. The van der Waals surface area contributed by atoms with Crippen molar-refractivity contribution in [3.63, 3.8) is 0 Å². The third kappa shape index (κ3) is 4.09. The summed E-state index contributed by atoms with van der Waals surface area (Å²) >= 11 is 5.93. The lowest BCUT2D eigenvalue weighted by Gasteiger charge is -2.17. The minimum atomic E-state index is -3.50. The lowest BCUT2D eigenvalue weighted by Crippen LogP contribution is -2.20. The molecule has 0 spiro atoms. The van der Waals surface area contributed by atoms with Crippen molar-refractivity contribution in [2.24, 2.45) is 16.2 Å². The summed E-state index contributed by atoms with van der Waals surface area (Å²) in [7, 11) is -3.50. The van der Waals surface area contributed by atoms with Crippen molar-refractivity contribution in [1.82, 2.24) is 0 Å². The summed E-state index contributed by atoms with van der Waals surface area (Å²) in [5, 5.41) is 3.47. The molecular weight excluding hydrogens is 213 g/mol. The van der Waals surface area contributed by atoms with Gasteiger partial charge in [0.1, 0.15) is 0 Å². The second kappa shape index (κ2) is 4.42.